The number of pyridine rings is 1. The van der Waals surface area contributed by atoms with Crippen molar-refractivity contribution in [1.82, 2.24) is 4.98 Å². The summed E-state index contributed by atoms with van der Waals surface area (Å²) in [6.07, 6.45) is -0.473. The Kier molecular flexibility index (Phi) is 2.29. The van der Waals surface area contributed by atoms with E-state index in [2.05, 4.69) is 20.9 Å². The normalized spacial score (nSPS) is 26.1. The van der Waals surface area contributed by atoms with Gasteiger partial charge in [-0.05, 0) is 12.1 Å². The van der Waals surface area contributed by atoms with E-state index in [1.165, 1.54) is 0 Å². The van der Waals surface area contributed by atoms with Crippen LogP contribution in [-0.4, -0.2) is 16.4 Å². The summed E-state index contributed by atoms with van der Waals surface area (Å²) in [4.78, 5) is 3.45. The van der Waals surface area contributed by atoms with Gasteiger partial charge in [0.15, 0.2) is 0 Å². The van der Waals surface area contributed by atoms with Gasteiger partial charge >= 0.3 is 0 Å². The predicted octanol–water partition coefficient (Wildman–Crippen LogP) is 2.19. The number of nitrogens with zero attached hydrogens (tertiary/aromatic N) is 1. The van der Waals surface area contributed by atoms with E-state index in [0.29, 0.717) is 5.33 Å². The minimum Gasteiger partial charge on any atom is -0.362 e. The lowest BCUT2D eigenvalue weighted by atomic mass is 10.2. The predicted molar refractivity (Wildman–Crippen MR) is 45.6 cm³/mol. The molecule has 0 saturated carbocycles. The van der Waals surface area contributed by atoms with Crippen LogP contribution in [0.1, 0.15) is 11.8 Å². The molecule has 2 nitrogen and oxygen atoms in total. The molecule has 1 aliphatic rings. The standard InChI is InChI=1S/C8H6BrF2NO/c9-3-5-8(13-5)7-4(10)1-2-6(11)12-7/h1-2,5,8H,3H2. The summed E-state index contributed by atoms with van der Waals surface area (Å²) in [7, 11) is 0. The van der Waals surface area contributed by atoms with Crippen LogP contribution in [0.4, 0.5) is 8.78 Å². The number of epoxide rings is 1. The van der Waals surface area contributed by atoms with Crippen molar-refractivity contribution in [2.45, 2.75) is 12.2 Å². The largest absolute Gasteiger partial charge is 0.362 e. The summed E-state index contributed by atoms with van der Waals surface area (Å²) in [5.74, 6) is -1.20. The molecule has 0 aliphatic carbocycles. The van der Waals surface area contributed by atoms with Gasteiger partial charge in [-0.1, -0.05) is 15.9 Å². The van der Waals surface area contributed by atoms with Gasteiger partial charge in [-0.15, -0.1) is 0 Å². The van der Waals surface area contributed by atoms with Crippen LogP contribution < -0.4 is 0 Å². The van der Waals surface area contributed by atoms with E-state index in [-0.39, 0.29) is 11.8 Å². The molecule has 1 aromatic rings. The average molecular weight is 250 g/mol. The van der Waals surface area contributed by atoms with Gasteiger partial charge in [0.2, 0.25) is 5.95 Å². The lowest BCUT2D eigenvalue weighted by molar-refractivity contribution is 0.374. The Morgan fingerprint density at radius 2 is 2.23 bits per heavy atom. The van der Waals surface area contributed by atoms with Crippen molar-refractivity contribution in [1.29, 1.82) is 0 Å². The fraction of sp³-hybridized carbons (Fsp3) is 0.375. The summed E-state index contributed by atoms with van der Waals surface area (Å²) >= 11 is 3.19. The smallest absolute Gasteiger partial charge is 0.213 e. The Morgan fingerprint density at radius 3 is 2.85 bits per heavy atom. The van der Waals surface area contributed by atoms with Gasteiger partial charge in [-0.25, -0.2) is 9.37 Å². The van der Waals surface area contributed by atoms with E-state index in [9.17, 15) is 8.78 Å². The number of hydrogen-bond donors (Lipinski definition) is 0. The highest BCUT2D eigenvalue weighted by molar-refractivity contribution is 9.09. The molecule has 0 aromatic carbocycles. The van der Waals surface area contributed by atoms with E-state index >= 15 is 0 Å². The van der Waals surface area contributed by atoms with E-state index < -0.39 is 17.9 Å². The zero-order valence-corrected chi connectivity index (χ0v) is 8.09. The van der Waals surface area contributed by atoms with Crippen molar-refractivity contribution < 1.29 is 13.5 Å². The molecule has 0 N–H and O–H groups in total. The van der Waals surface area contributed by atoms with Crippen molar-refractivity contribution in [2.24, 2.45) is 0 Å². The van der Waals surface area contributed by atoms with Crippen LogP contribution in [0.2, 0.25) is 0 Å². The van der Waals surface area contributed by atoms with Crippen LogP contribution in [0.25, 0.3) is 0 Å². The molecule has 0 bridgehead atoms. The summed E-state index contributed by atoms with van der Waals surface area (Å²) in [6.45, 7) is 0. The zero-order chi connectivity index (χ0) is 9.42. The maximum atomic E-state index is 13.0. The molecule has 2 heterocycles. The second-order valence-corrected chi connectivity index (χ2v) is 3.40. The van der Waals surface area contributed by atoms with Crippen molar-refractivity contribution in [3.63, 3.8) is 0 Å². The SMILES string of the molecule is Fc1ccc(F)c(C2OC2CBr)n1. The van der Waals surface area contributed by atoms with Crippen LogP contribution >= 0.6 is 15.9 Å². The quantitative estimate of drug-likeness (QED) is 0.456. The average Bonchev–Trinajstić information content (AvgIpc) is 2.88. The highest BCUT2D eigenvalue weighted by Gasteiger charge is 2.42. The van der Waals surface area contributed by atoms with Gasteiger partial charge in [-0.3, -0.25) is 0 Å². The lowest BCUT2D eigenvalue weighted by Gasteiger charge is -1.96. The van der Waals surface area contributed by atoms with Crippen molar-refractivity contribution in [3.8, 4) is 0 Å². The van der Waals surface area contributed by atoms with Crippen LogP contribution in [0.5, 0.6) is 0 Å². The summed E-state index contributed by atoms with van der Waals surface area (Å²) in [6, 6.07) is 2.05. The first-order valence-electron chi connectivity index (χ1n) is 3.75. The Bertz CT molecular complexity index is 334. The Balaban J connectivity index is 2.25. The minimum atomic E-state index is -0.680. The minimum absolute atomic E-state index is 0.0597. The maximum Gasteiger partial charge on any atom is 0.213 e. The first-order chi connectivity index (χ1) is 6.22. The molecular formula is C8H6BrF2NO. The number of ether oxygens (including phenoxy) is 1. The number of halogens is 3. The van der Waals surface area contributed by atoms with E-state index in [4.69, 9.17) is 4.74 Å². The fourth-order valence-corrected chi connectivity index (χ4v) is 1.63. The first kappa shape index (κ1) is 9.02. The number of hydrogen-bond acceptors (Lipinski definition) is 2. The van der Waals surface area contributed by atoms with Crippen LogP contribution in [0.15, 0.2) is 12.1 Å². The van der Waals surface area contributed by atoms with Gasteiger partial charge in [-0.2, -0.15) is 4.39 Å². The molecule has 0 radical (unpaired) electrons. The van der Waals surface area contributed by atoms with Gasteiger partial charge in [0.05, 0.1) is 0 Å². The third kappa shape index (κ3) is 1.71. The lowest BCUT2D eigenvalue weighted by Crippen LogP contribution is -1.98. The number of aromatic nitrogens is 1. The van der Waals surface area contributed by atoms with Gasteiger partial charge < -0.3 is 4.74 Å². The molecule has 70 valence electrons. The second kappa shape index (κ2) is 3.31. The molecule has 13 heavy (non-hydrogen) atoms. The Morgan fingerprint density at radius 1 is 1.46 bits per heavy atom. The van der Waals surface area contributed by atoms with E-state index in [1.54, 1.807) is 0 Å². The van der Waals surface area contributed by atoms with Crippen molar-refractivity contribution in [3.05, 3.63) is 29.6 Å². The topological polar surface area (TPSA) is 25.4 Å². The Hall–Kier alpha value is -0.550. The molecule has 0 spiro atoms. The molecule has 1 aromatic heterocycles. The molecule has 1 fully saturated rings. The molecule has 2 rings (SSSR count). The first-order valence-corrected chi connectivity index (χ1v) is 4.88. The van der Waals surface area contributed by atoms with Crippen LogP contribution in [0.3, 0.4) is 0 Å². The van der Waals surface area contributed by atoms with Crippen LogP contribution in [-0.2, 0) is 4.74 Å². The van der Waals surface area contributed by atoms with Crippen molar-refractivity contribution >= 4 is 15.9 Å². The number of alkyl halides is 1. The van der Waals surface area contributed by atoms with Gasteiger partial charge in [0.1, 0.15) is 23.7 Å². The molecule has 5 heteroatoms. The molecule has 2 unspecified atom stereocenters. The third-order valence-electron chi connectivity index (χ3n) is 1.84. The zero-order valence-electron chi connectivity index (χ0n) is 6.51. The number of rotatable bonds is 2. The second-order valence-electron chi connectivity index (χ2n) is 2.75. The van der Waals surface area contributed by atoms with Gasteiger partial charge in [0.25, 0.3) is 0 Å². The summed E-state index contributed by atoms with van der Waals surface area (Å²) < 4.78 is 30.7. The molecular weight excluding hydrogens is 244 g/mol. The molecule has 1 aliphatic heterocycles. The van der Waals surface area contributed by atoms with Crippen molar-refractivity contribution in [2.75, 3.05) is 5.33 Å². The summed E-state index contributed by atoms with van der Waals surface area (Å²) in [5, 5.41) is 0.606. The fourth-order valence-electron chi connectivity index (χ4n) is 1.13. The highest BCUT2D eigenvalue weighted by Crippen LogP contribution is 2.39. The maximum absolute atomic E-state index is 13.0. The molecule has 1 saturated heterocycles. The van der Waals surface area contributed by atoms with Crippen LogP contribution in [0, 0.1) is 11.8 Å². The summed E-state index contributed by atoms with van der Waals surface area (Å²) in [5.41, 5.74) is 0.0597. The molecule has 2 atom stereocenters. The van der Waals surface area contributed by atoms with E-state index in [0.717, 1.165) is 12.1 Å². The Labute approximate surface area is 82.1 Å². The monoisotopic (exact) mass is 249 g/mol. The molecule has 0 amide bonds. The van der Waals surface area contributed by atoms with Gasteiger partial charge in [0, 0.05) is 5.33 Å². The highest BCUT2D eigenvalue weighted by atomic mass is 79.9. The third-order valence-corrected chi connectivity index (χ3v) is 2.48. The van der Waals surface area contributed by atoms with E-state index in [1.807, 2.05) is 0 Å².